The molecule has 0 saturated heterocycles. The number of benzene rings is 4. The van der Waals surface area contributed by atoms with E-state index in [2.05, 4.69) is 45.0 Å². The van der Waals surface area contributed by atoms with Gasteiger partial charge in [0.25, 0.3) is 0 Å². The van der Waals surface area contributed by atoms with Crippen molar-refractivity contribution >= 4 is 5.97 Å². The van der Waals surface area contributed by atoms with Crippen molar-refractivity contribution in [2.45, 2.75) is 39.7 Å². The number of hydrogen-bond donors (Lipinski definition) is 2. The van der Waals surface area contributed by atoms with E-state index in [1.165, 1.54) is 5.56 Å². The highest BCUT2D eigenvalue weighted by Gasteiger charge is 2.30. The third-order valence-corrected chi connectivity index (χ3v) is 7.38. The predicted molar refractivity (Wildman–Crippen MR) is 149 cm³/mol. The van der Waals surface area contributed by atoms with Crippen molar-refractivity contribution in [3.63, 3.8) is 0 Å². The van der Waals surface area contributed by atoms with Gasteiger partial charge in [-0.2, -0.15) is 0 Å². The number of aryl methyl sites for hydroxylation is 2. The fourth-order valence-electron chi connectivity index (χ4n) is 5.64. The number of carboxylic acid groups (broad SMARTS) is 1. The molecule has 0 saturated carbocycles. The highest BCUT2D eigenvalue weighted by molar-refractivity contribution is 5.82. The van der Waals surface area contributed by atoms with Gasteiger partial charge in [0.15, 0.2) is 0 Å². The van der Waals surface area contributed by atoms with Crippen LogP contribution in [0.2, 0.25) is 0 Å². The van der Waals surface area contributed by atoms with Gasteiger partial charge in [0.05, 0.1) is 13.0 Å². The second kappa shape index (κ2) is 10.7. The molecule has 4 aromatic carbocycles. The molecular formula is C33H32O5. The molecule has 1 unspecified atom stereocenters. The maximum atomic E-state index is 11.5. The Kier molecular flexibility index (Phi) is 7.21. The number of carboxylic acids is 1. The molecular weight excluding hydrogens is 476 g/mol. The Balaban J connectivity index is 1.40. The molecule has 38 heavy (non-hydrogen) atoms. The largest absolute Gasteiger partial charge is 0.491 e. The lowest BCUT2D eigenvalue weighted by Gasteiger charge is -2.18. The van der Waals surface area contributed by atoms with E-state index in [9.17, 15) is 9.90 Å². The first kappa shape index (κ1) is 25.6. The SMILES string of the molecule is Cc1cc(OCCO)cc(C)c1-c1cccc(COc2ccc3c(c2)-c2ccccc2C3CC(=O)O)c1C. The summed E-state index contributed by atoms with van der Waals surface area (Å²) in [5.41, 5.74) is 11.1. The van der Waals surface area contributed by atoms with Gasteiger partial charge in [-0.15, -0.1) is 0 Å². The van der Waals surface area contributed by atoms with E-state index in [0.717, 1.165) is 61.6 Å². The summed E-state index contributed by atoms with van der Waals surface area (Å²) in [7, 11) is 0. The Morgan fingerprint density at radius 1 is 0.789 bits per heavy atom. The zero-order valence-electron chi connectivity index (χ0n) is 22.0. The molecule has 1 atom stereocenters. The lowest BCUT2D eigenvalue weighted by atomic mass is 9.90. The van der Waals surface area contributed by atoms with Gasteiger partial charge in [-0.25, -0.2) is 0 Å². The highest BCUT2D eigenvalue weighted by Crippen LogP contribution is 2.47. The number of carbonyl (C=O) groups is 1. The van der Waals surface area contributed by atoms with Gasteiger partial charge in [0.2, 0.25) is 0 Å². The molecule has 0 aliphatic heterocycles. The molecule has 0 amide bonds. The highest BCUT2D eigenvalue weighted by atomic mass is 16.5. The van der Waals surface area contributed by atoms with Crippen molar-refractivity contribution in [2.24, 2.45) is 0 Å². The van der Waals surface area contributed by atoms with Crippen LogP contribution in [0, 0.1) is 20.8 Å². The topological polar surface area (TPSA) is 76.0 Å². The second-order valence-electron chi connectivity index (χ2n) is 9.87. The Bertz CT molecular complexity index is 1480. The number of aliphatic hydroxyl groups is 1. The predicted octanol–water partition coefficient (Wildman–Crippen LogP) is 6.82. The lowest BCUT2D eigenvalue weighted by molar-refractivity contribution is -0.137. The smallest absolute Gasteiger partial charge is 0.304 e. The average molecular weight is 509 g/mol. The summed E-state index contributed by atoms with van der Waals surface area (Å²) >= 11 is 0. The molecule has 0 bridgehead atoms. The minimum absolute atomic E-state index is 0.0132. The first-order valence-electron chi connectivity index (χ1n) is 12.9. The minimum Gasteiger partial charge on any atom is -0.491 e. The second-order valence-corrected chi connectivity index (χ2v) is 9.87. The van der Waals surface area contributed by atoms with Gasteiger partial charge in [-0.1, -0.05) is 48.5 Å². The maximum Gasteiger partial charge on any atom is 0.304 e. The summed E-state index contributed by atoms with van der Waals surface area (Å²) in [5, 5.41) is 18.5. The van der Waals surface area contributed by atoms with E-state index in [4.69, 9.17) is 14.6 Å². The lowest BCUT2D eigenvalue weighted by Crippen LogP contribution is -2.05. The zero-order chi connectivity index (χ0) is 26.8. The van der Waals surface area contributed by atoms with Crippen molar-refractivity contribution in [3.05, 3.63) is 106 Å². The van der Waals surface area contributed by atoms with Crippen LogP contribution in [-0.2, 0) is 11.4 Å². The first-order valence-corrected chi connectivity index (χ1v) is 12.9. The quantitative estimate of drug-likeness (QED) is 0.260. The van der Waals surface area contributed by atoms with Crippen LogP contribution < -0.4 is 9.47 Å². The van der Waals surface area contributed by atoms with Gasteiger partial charge < -0.3 is 19.7 Å². The van der Waals surface area contributed by atoms with Crippen molar-refractivity contribution < 1.29 is 24.5 Å². The molecule has 1 aliphatic carbocycles. The Morgan fingerprint density at radius 3 is 2.24 bits per heavy atom. The fourth-order valence-corrected chi connectivity index (χ4v) is 5.64. The third kappa shape index (κ3) is 4.90. The molecule has 0 spiro atoms. The molecule has 194 valence electrons. The summed E-state index contributed by atoms with van der Waals surface area (Å²) in [6, 6.07) is 24.3. The Hall–Kier alpha value is -4.09. The van der Waals surface area contributed by atoms with E-state index in [-0.39, 0.29) is 25.6 Å². The Labute approximate surface area is 223 Å². The Morgan fingerprint density at radius 2 is 1.50 bits per heavy atom. The third-order valence-electron chi connectivity index (χ3n) is 7.38. The van der Waals surface area contributed by atoms with E-state index in [1.54, 1.807) is 0 Å². The maximum absolute atomic E-state index is 11.5. The molecule has 5 heteroatoms. The minimum atomic E-state index is -0.800. The van der Waals surface area contributed by atoms with Crippen molar-refractivity contribution in [2.75, 3.05) is 13.2 Å². The van der Waals surface area contributed by atoms with Gasteiger partial charge in [-0.3, -0.25) is 4.79 Å². The van der Waals surface area contributed by atoms with E-state index in [1.807, 2.05) is 48.5 Å². The average Bonchev–Trinajstić information content (AvgIpc) is 3.20. The molecule has 0 radical (unpaired) electrons. The van der Waals surface area contributed by atoms with Crippen molar-refractivity contribution in [1.82, 2.24) is 0 Å². The number of hydrogen-bond acceptors (Lipinski definition) is 4. The summed E-state index contributed by atoms with van der Waals surface area (Å²) in [6.07, 6.45) is 0.0730. The molecule has 0 heterocycles. The molecule has 5 nitrogen and oxygen atoms in total. The van der Waals surface area contributed by atoms with Crippen LogP contribution in [0.4, 0.5) is 0 Å². The van der Waals surface area contributed by atoms with Crippen molar-refractivity contribution in [3.8, 4) is 33.8 Å². The number of aliphatic hydroxyl groups excluding tert-OH is 1. The van der Waals surface area contributed by atoms with Gasteiger partial charge >= 0.3 is 5.97 Å². The summed E-state index contributed by atoms with van der Waals surface area (Å²) in [4.78, 5) is 11.5. The summed E-state index contributed by atoms with van der Waals surface area (Å²) in [6.45, 7) is 6.97. The number of aliphatic carboxylic acids is 1. The number of fused-ring (bicyclic) bond motifs is 3. The van der Waals surface area contributed by atoms with E-state index >= 15 is 0 Å². The van der Waals surface area contributed by atoms with Gasteiger partial charge in [-0.05, 0) is 101 Å². The molecule has 1 aliphatic rings. The standard InChI is InChI=1S/C33H32O5/c1-20-15-25(37-14-13-34)16-21(2)33(20)26-10-6-7-23(22(26)3)19-38-24-11-12-29-30(17-24)27-8-4-5-9-28(27)31(29)18-32(35)36/h4-12,15-17,31,34H,13-14,18-19H2,1-3H3,(H,35,36). The van der Waals surface area contributed by atoms with Crippen LogP contribution in [-0.4, -0.2) is 29.4 Å². The molecule has 0 fully saturated rings. The number of rotatable bonds is 9. The van der Waals surface area contributed by atoms with Crippen LogP contribution >= 0.6 is 0 Å². The molecule has 5 rings (SSSR count). The normalized spacial score (nSPS) is 13.6. The van der Waals surface area contributed by atoms with Crippen LogP contribution in [0.1, 0.15) is 45.7 Å². The van der Waals surface area contributed by atoms with Crippen molar-refractivity contribution in [1.29, 1.82) is 0 Å². The monoisotopic (exact) mass is 508 g/mol. The summed E-state index contributed by atoms with van der Waals surface area (Å²) in [5.74, 6) is 0.584. The van der Waals surface area contributed by atoms with Crippen LogP contribution in [0.25, 0.3) is 22.3 Å². The van der Waals surface area contributed by atoms with E-state index < -0.39 is 5.97 Å². The van der Waals surface area contributed by atoms with E-state index in [0.29, 0.717) is 6.61 Å². The molecule has 0 aromatic heterocycles. The fraction of sp³-hybridized carbons (Fsp3) is 0.242. The first-order chi connectivity index (χ1) is 18.4. The van der Waals surface area contributed by atoms with Crippen LogP contribution in [0.3, 0.4) is 0 Å². The molecule has 2 N–H and O–H groups in total. The van der Waals surface area contributed by atoms with Gasteiger partial charge in [0.1, 0.15) is 24.7 Å². The number of ether oxygens (including phenoxy) is 2. The van der Waals surface area contributed by atoms with Crippen LogP contribution in [0.5, 0.6) is 11.5 Å². The van der Waals surface area contributed by atoms with Crippen LogP contribution in [0.15, 0.2) is 72.8 Å². The molecule has 4 aromatic rings. The zero-order valence-corrected chi connectivity index (χ0v) is 22.0. The van der Waals surface area contributed by atoms with Gasteiger partial charge in [0, 0.05) is 5.92 Å². The summed E-state index contributed by atoms with van der Waals surface area (Å²) < 4.78 is 11.9.